The maximum atomic E-state index is 14.6. The molecule has 138 valence electrons. The average Bonchev–Trinajstić information content (AvgIpc) is 2.65. The van der Waals surface area contributed by atoms with Gasteiger partial charge in [-0.1, -0.05) is 49.7 Å². The van der Waals surface area contributed by atoms with E-state index in [0.717, 1.165) is 30.5 Å². The summed E-state index contributed by atoms with van der Waals surface area (Å²) in [5.41, 5.74) is 2.69. The van der Waals surface area contributed by atoms with E-state index in [9.17, 15) is 18.0 Å². The van der Waals surface area contributed by atoms with Crippen molar-refractivity contribution in [3.63, 3.8) is 0 Å². The third-order valence-corrected chi connectivity index (χ3v) is 4.53. The van der Waals surface area contributed by atoms with E-state index in [1.165, 1.54) is 17.7 Å². The van der Waals surface area contributed by atoms with Gasteiger partial charge in [-0.05, 0) is 46.9 Å². The van der Waals surface area contributed by atoms with Gasteiger partial charge in [-0.3, -0.25) is 0 Å². The Balaban J connectivity index is 1.94. The summed E-state index contributed by atoms with van der Waals surface area (Å²) in [6.45, 7) is 2.11. The Bertz CT molecular complexity index is 939. The molecule has 3 aromatic carbocycles. The zero-order valence-corrected chi connectivity index (χ0v) is 14.9. The molecule has 3 aromatic rings. The summed E-state index contributed by atoms with van der Waals surface area (Å²) in [7, 11) is 0. The molecule has 1 nitrogen and oxygen atoms in total. The van der Waals surface area contributed by atoms with Crippen LogP contribution in [0.25, 0.3) is 22.3 Å². The standard InChI is InChI=1S/C23H19F3O/c1-2-3-15-4-6-16(7-5-15)17-8-9-19(21(24)12-17)18-13-22(25)20(10-11-27)23(26)14-18/h4-9,11-14H,2-3,10H2,1H3. The monoisotopic (exact) mass is 368 g/mol. The van der Waals surface area contributed by atoms with Gasteiger partial charge in [0.1, 0.15) is 23.7 Å². The van der Waals surface area contributed by atoms with Crippen LogP contribution in [-0.4, -0.2) is 6.29 Å². The lowest BCUT2D eigenvalue weighted by atomic mass is 9.97. The van der Waals surface area contributed by atoms with Crippen LogP contribution < -0.4 is 0 Å². The minimum absolute atomic E-state index is 0.0991. The van der Waals surface area contributed by atoms with E-state index in [0.29, 0.717) is 11.8 Å². The van der Waals surface area contributed by atoms with E-state index in [1.807, 2.05) is 24.3 Å². The van der Waals surface area contributed by atoms with E-state index in [-0.39, 0.29) is 23.1 Å². The van der Waals surface area contributed by atoms with Gasteiger partial charge in [0.05, 0.1) is 0 Å². The van der Waals surface area contributed by atoms with Crippen LogP contribution in [0.4, 0.5) is 13.2 Å². The fourth-order valence-corrected chi connectivity index (χ4v) is 3.12. The van der Waals surface area contributed by atoms with E-state index in [2.05, 4.69) is 6.92 Å². The average molecular weight is 368 g/mol. The molecule has 0 saturated carbocycles. The zero-order chi connectivity index (χ0) is 19.4. The molecule has 0 atom stereocenters. The Morgan fingerprint density at radius 1 is 0.778 bits per heavy atom. The summed E-state index contributed by atoms with van der Waals surface area (Å²) >= 11 is 0. The van der Waals surface area contributed by atoms with Crippen molar-refractivity contribution >= 4 is 6.29 Å². The van der Waals surface area contributed by atoms with Gasteiger partial charge in [0, 0.05) is 17.5 Å². The number of rotatable bonds is 6. The van der Waals surface area contributed by atoms with E-state index in [4.69, 9.17) is 0 Å². The molecule has 0 spiro atoms. The van der Waals surface area contributed by atoms with Crippen LogP contribution in [-0.2, 0) is 17.6 Å². The topological polar surface area (TPSA) is 17.1 Å². The Hall–Kier alpha value is -2.88. The van der Waals surface area contributed by atoms with Crippen molar-refractivity contribution in [3.05, 3.63) is 83.2 Å². The van der Waals surface area contributed by atoms with Gasteiger partial charge in [-0.2, -0.15) is 0 Å². The third kappa shape index (κ3) is 4.11. The maximum Gasteiger partial charge on any atom is 0.131 e. The number of aryl methyl sites for hydroxylation is 1. The summed E-state index contributed by atoms with van der Waals surface area (Å²) in [5.74, 6) is -2.27. The number of hydrogen-bond acceptors (Lipinski definition) is 1. The maximum absolute atomic E-state index is 14.6. The lowest BCUT2D eigenvalue weighted by molar-refractivity contribution is -0.107. The van der Waals surface area contributed by atoms with Gasteiger partial charge in [0.25, 0.3) is 0 Å². The summed E-state index contributed by atoms with van der Waals surface area (Å²) in [6, 6.07) is 14.6. The van der Waals surface area contributed by atoms with Crippen LogP contribution in [0.3, 0.4) is 0 Å². The van der Waals surface area contributed by atoms with Crippen molar-refractivity contribution in [2.24, 2.45) is 0 Å². The lowest BCUT2D eigenvalue weighted by Gasteiger charge is -2.10. The molecule has 0 aliphatic heterocycles. The van der Waals surface area contributed by atoms with Gasteiger partial charge in [-0.15, -0.1) is 0 Å². The molecule has 0 bridgehead atoms. The van der Waals surface area contributed by atoms with Crippen LogP contribution in [0, 0.1) is 17.5 Å². The number of aldehydes is 1. The molecule has 0 unspecified atom stereocenters. The molecule has 0 amide bonds. The highest BCUT2D eigenvalue weighted by Gasteiger charge is 2.14. The second-order valence-corrected chi connectivity index (χ2v) is 6.43. The van der Waals surface area contributed by atoms with Gasteiger partial charge in [0.2, 0.25) is 0 Å². The molecule has 4 heteroatoms. The predicted octanol–water partition coefficient (Wildman–Crippen LogP) is 6.13. The van der Waals surface area contributed by atoms with Gasteiger partial charge < -0.3 is 4.79 Å². The molecule has 0 aromatic heterocycles. The van der Waals surface area contributed by atoms with Gasteiger partial charge in [-0.25, -0.2) is 13.2 Å². The predicted molar refractivity (Wildman–Crippen MR) is 101 cm³/mol. The first-order valence-corrected chi connectivity index (χ1v) is 8.84. The molecular formula is C23H19F3O. The molecule has 0 radical (unpaired) electrons. The smallest absolute Gasteiger partial charge is 0.131 e. The Morgan fingerprint density at radius 3 is 1.93 bits per heavy atom. The van der Waals surface area contributed by atoms with Crippen molar-refractivity contribution in [2.45, 2.75) is 26.2 Å². The Labute approximate surface area is 156 Å². The highest BCUT2D eigenvalue weighted by Crippen LogP contribution is 2.30. The summed E-state index contributed by atoms with van der Waals surface area (Å²) in [6.07, 6.45) is 2.13. The minimum Gasteiger partial charge on any atom is -0.303 e. The van der Waals surface area contributed by atoms with Crippen molar-refractivity contribution in [3.8, 4) is 22.3 Å². The number of benzene rings is 3. The molecule has 0 fully saturated rings. The summed E-state index contributed by atoms with van der Waals surface area (Å²) in [5, 5.41) is 0. The number of halogens is 3. The largest absolute Gasteiger partial charge is 0.303 e. The molecule has 27 heavy (non-hydrogen) atoms. The molecule has 0 saturated heterocycles. The quantitative estimate of drug-likeness (QED) is 0.478. The zero-order valence-electron chi connectivity index (χ0n) is 14.9. The fourth-order valence-electron chi connectivity index (χ4n) is 3.12. The highest BCUT2D eigenvalue weighted by atomic mass is 19.1. The first-order chi connectivity index (χ1) is 13.0. The molecule has 0 aliphatic carbocycles. The van der Waals surface area contributed by atoms with Crippen molar-refractivity contribution in [2.75, 3.05) is 0 Å². The second kappa shape index (κ2) is 8.21. The van der Waals surface area contributed by atoms with E-state index in [1.54, 1.807) is 6.07 Å². The van der Waals surface area contributed by atoms with Crippen molar-refractivity contribution in [1.29, 1.82) is 0 Å². The normalized spacial score (nSPS) is 10.8. The highest BCUT2D eigenvalue weighted by molar-refractivity contribution is 5.72. The molecule has 3 rings (SSSR count). The van der Waals surface area contributed by atoms with Crippen molar-refractivity contribution in [1.82, 2.24) is 0 Å². The lowest BCUT2D eigenvalue weighted by Crippen LogP contribution is -1.98. The van der Waals surface area contributed by atoms with Crippen LogP contribution in [0.1, 0.15) is 24.5 Å². The first kappa shape index (κ1) is 18.9. The van der Waals surface area contributed by atoms with Crippen LogP contribution in [0.5, 0.6) is 0 Å². The first-order valence-electron chi connectivity index (χ1n) is 8.84. The van der Waals surface area contributed by atoms with Gasteiger partial charge >= 0.3 is 0 Å². The molecule has 0 heterocycles. The second-order valence-electron chi connectivity index (χ2n) is 6.43. The number of hydrogen-bond donors (Lipinski definition) is 0. The van der Waals surface area contributed by atoms with Crippen LogP contribution in [0.2, 0.25) is 0 Å². The molecule has 0 aliphatic rings. The molecular weight excluding hydrogens is 349 g/mol. The van der Waals surface area contributed by atoms with Crippen molar-refractivity contribution < 1.29 is 18.0 Å². The van der Waals surface area contributed by atoms with Crippen LogP contribution in [0.15, 0.2) is 54.6 Å². The summed E-state index contributed by atoms with van der Waals surface area (Å²) < 4.78 is 42.7. The number of carbonyl (C=O) groups excluding carboxylic acids is 1. The summed E-state index contributed by atoms with van der Waals surface area (Å²) in [4.78, 5) is 10.5. The third-order valence-electron chi connectivity index (χ3n) is 4.53. The minimum atomic E-state index is -0.855. The van der Waals surface area contributed by atoms with Gasteiger partial charge in [0.15, 0.2) is 0 Å². The van der Waals surface area contributed by atoms with E-state index >= 15 is 0 Å². The number of carbonyl (C=O) groups is 1. The fraction of sp³-hybridized carbons (Fsp3) is 0.174. The Morgan fingerprint density at radius 2 is 1.37 bits per heavy atom. The van der Waals surface area contributed by atoms with E-state index < -0.39 is 17.5 Å². The molecule has 0 N–H and O–H groups in total. The Kier molecular flexibility index (Phi) is 5.75. The van der Waals surface area contributed by atoms with Crippen LogP contribution >= 0.6 is 0 Å². The SMILES string of the molecule is CCCc1ccc(-c2ccc(-c3cc(F)c(CC=O)c(F)c3)c(F)c2)cc1.